The van der Waals surface area contributed by atoms with E-state index in [1.54, 1.807) is 0 Å². The fourth-order valence-electron chi connectivity index (χ4n) is 2.33. The predicted octanol–water partition coefficient (Wildman–Crippen LogP) is 4.04. The highest BCUT2D eigenvalue weighted by Gasteiger charge is 2.01. The first-order chi connectivity index (χ1) is 10.6. The summed E-state index contributed by atoms with van der Waals surface area (Å²) in [5.41, 5.74) is 11.0. The van der Waals surface area contributed by atoms with Crippen LogP contribution >= 0.6 is 0 Å². The van der Waals surface area contributed by atoms with Crippen molar-refractivity contribution in [3.05, 3.63) is 48.5 Å². The molecule has 0 aliphatic rings. The van der Waals surface area contributed by atoms with Crippen LogP contribution < -0.4 is 20.7 Å². The van der Waals surface area contributed by atoms with E-state index in [2.05, 4.69) is 83.0 Å². The van der Waals surface area contributed by atoms with Gasteiger partial charge >= 0.3 is 0 Å². The molecule has 2 rings (SSSR count). The highest BCUT2D eigenvalue weighted by Crippen LogP contribution is 2.19. The third-order valence-electron chi connectivity index (χ3n) is 3.73. The minimum absolute atomic E-state index is 1.03. The smallest absolute Gasteiger partial charge is 0.0541 e. The monoisotopic (exact) mass is 298 g/mol. The number of nitrogens with zero attached hydrogens (tertiary/aromatic N) is 2. The number of hydrazine groups is 1. The average molecular weight is 298 g/mol. The summed E-state index contributed by atoms with van der Waals surface area (Å²) in [5, 5.41) is 0. The number of nitrogens with one attached hydrogen (secondary N) is 2. The van der Waals surface area contributed by atoms with Crippen LogP contribution in [0.3, 0.4) is 0 Å². The molecule has 0 radical (unpaired) electrons. The Morgan fingerprint density at radius 2 is 1.09 bits per heavy atom. The van der Waals surface area contributed by atoms with Gasteiger partial charge in [-0.1, -0.05) is 0 Å². The van der Waals surface area contributed by atoms with E-state index < -0.39 is 0 Å². The maximum atomic E-state index is 3.23. The van der Waals surface area contributed by atoms with E-state index in [0.29, 0.717) is 0 Å². The van der Waals surface area contributed by atoms with E-state index in [9.17, 15) is 0 Å². The highest BCUT2D eigenvalue weighted by molar-refractivity contribution is 5.60. The minimum atomic E-state index is 1.03. The van der Waals surface area contributed by atoms with E-state index in [-0.39, 0.29) is 0 Å². The molecule has 0 fully saturated rings. The van der Waals surface area contributed by atoms with E-state index in [4.69, 9.17) is 0 Å². The lowest BCUT2D eigenvalue weighted by Gasteiger charge is -2.21. The van der Waals surface area contributed by atoms with Gasteiger partial charge in [0, 0.05) is 38.6 Å². The zero-order valence-corrected chi connectivity index (χ0v) is 13.9. The highest BCUT2D eigenvalue weighted by atomic mass is 15.4. The first-order valence-corrected chi connectivity index (χ1v) is 7.78. The fourth-order valence-corrected chi connectivity index (χ4v) is 2.33. The normalized spacial score (nSPS) is 10.2. The quantitative estimate of drug-likeness (QED) is 0.755. The van der Waals surface area contributed by atoms with Crippen molar-refractivity contribution in [1.82, 2.24) is 0 Å². The van der Waals surface area contributed by atoms with Crippen molar-refractivity contribution < 1.29 is 0 Å². The van der Waals surface area contributed by atoms with Crippen molar-refractivity contribution in [1.29, 1.82) is 0 Å². The topological polar surface area (TPSA) is 30.5 Å². The lowest BCUT2D eigenvalue weighted by atomic mass is 10.2. The van der Waals surface area contributed by atoms with Gasteiger partial charge in [-0.25, -0.2) is 0 Å². The zero-order chi connectivity index (χ0) is 15.9. The Hall–Kier alpha value is -2.36. The van der Waals surface area contributed by atoms with Crippen LogP contribution in [0.25, 0.3) is 0 Å². The molecule has 4 heteroatoms. The molecular weight excluding hydrogens is 272 g/mol. The second-order valence-corrected chi connectivity index (χ2v) is 5.41. The van der Waals surface area contributed by atoms with Crippen molar-refractivity contribution in [3.63, 3.8) is 0 Å². The lowest BCUT2D eigenvalue weighted by Crippen LogP contribution is -2.21. The molecule has 0 unspecified atom stereocenters. The Kier molecular flexibility index (Phi) is 5.53. The van der Waals surface area contributed by atoms with Crippen LogP contribution in [0, 0.1) is 0 Å². The third kappa shape index (κ3) is 4.07. The molecule has 2 aromatic carbocycles. The van der Waals surface area contributed by atoms with Crippen LogP contribution in [-0.2, 0) is 0 Å². The molecule has 118 valence electrons. The van der Waals surface area contributed by atoms with Gasteiger partial charge in [0.25, 0.3) is 0 Å². The summed E-state index contributed by atoms with van der Waals surface area (Å²) in [5.74, 6) is 0. The number of anilines is 4. The van der Waals surface area contributed by atoms with Gasteiger partial charge in [0.05, 0.1) is 11.4 Å². The summed E-state index contributed by atoms with van der Waals surface area (Å²) >= 11 is 0. The summed E-state index contributed by atoms with van der Waals surface area (Å²) in [6.45, 7) is 6.41. The van der Waals surface area contributed by atoms with Crippen molar-refractivity contribution in [2.45, 2.75) is 13.8 Å². The number of benzene rings is 2. The summed E-state index contributed by atoms with van der Waals surface area (Å²) in [7, 11) is 4.08. The maximum absolute atomic E-state index is 3.23. The van der Waals surface area contributed by atoms with Gasteiger partial charge in [0.2, 0.25) is 0 Å². The van der Waals surface area contributed by atoms with Crippen molar-refractivity contribution in [3.8, 4) is 0 Å². The molecule has 0 aliphatic heterocycles. The summed E-state index contributed by atoms with van der Waals surface area (Å²) in [6.07, 6.45) is 0. The summed E-state index contributed by atoms with van der Waals surface area (Å²) < 4.78 is 0. The molecule has 2 N–H and O–H groups in total. The van der Waals surface area contributed by atoms with E-state index >= 15 is 0 Å². The molecule has 0 amide bonds. The maximum Gasteiger partial charge on any atom is 0.0541 e. The first kappa shape index (κ1) is 16.0. The predicted molar refractivity (Wildman–Crippen MR) is 98.0 cm³/mol. The van der Waals surface area contributed by atoms with Crippen LogP contribution in [0.4, 0.5) is 22.7 Å². The van der Waals surface area contributed by atoms with Crippen LogP contribution in [0.5, 0.6) is 0 Å². The van der Waals surface area contributed by atoms with Gasteiger partial charge in [-0.15, -0.1) is 0 Å². The van der Waals surface area contributed by atoms with Crippen LogP contribution in [-0.4, -0.2) is 27.2 Å². The van der Waals surface area contributed by atoms with Gasteiger partial charge in [0.1, 0.15) is 0 Å². The second-order valence-electron chi connectivity index (χ2n) is 5.41. The van der Waals surface area contributed by atoms with Crippen LogP contribution in [0.2, 0.25) is 0 Å². The summed E-state index contributed by atoms with van der Waals surface area (Å²) in [4.78, 5) is 4.42. The van der Waals surface area contributed by atoms with Crippen LogP contribution in [0.1, 0.15) is 13.8 Å². The minimum Gasteiger partial charge on any atom is -0.378 e. The molecule has 0 spiro atoms. The lowest BCUT2D eigenvalue weighted by molar-refractivity contribution is 0.866. The van der Waals surface area contributed by atoms with Gasteiger partial charge in [-0.3, -0.25) is 0 Å². The molecule has 22 heavy (non-hydrogen) atoms. The average Bonchev–Trinajstić information content (AvgIpc) is 2.55. The fraction of sp³-hybridized carbons (Fsp3) is 0.333. The molecule has 4 nitrogen and oxygen atoms in total. The van der Waals surface area contributed by atoms with E-state index in [1.807, 2.05) is 14.1 Å². The SMILES string of the molecule is CCN(CC)c1ccc(NNc2ccc(N(C)C)cc2)cc1. The Balaban J connectivity index is 1.94. The van der Waals surface area contributed by atoms with Crippen molar-refractivity contribution >= 4 is 22.7 Å². The number of hydrogen-bond acceptors (Lipinski definition) is 4. The Morgan fingerprint density at radius 3 is 1.45 bits per heavy atom. The molecule has 0 bridgehead atoms. The van der Waals surface area contributed by atoms with E-state index in [0.717, 1.165) is 24.5 Å². The Morgan fingerprint density at radius 1 is 0.682 bits per heavy atom. The van der Waals surface area contributed by atoms with Crippen molar-refractivity contribution in [2.24, 2.45) is 0 Å². The molecule has 2 aromatic rings. The molecule has 0 saturated carbocycles. The number of hydrogen-bond donors (Lipinski definition) is 2. The van der Waals surface area contributed by atoms with Crippen molar-refractivity contribution in [2.75, 3.05) is 47.8 Å². The largest absolute Gasteiger partial charge is 0.378 e. The van der Waals surface area contributed by atoms with Gasteiger partial charge in [-0.05, 0) is 62.4 Å². The molecule has 0 aliphatic carbocycles. The standard InChI is InChI=1S/C18H26N4/c1-5-22(6-2)18-13-9-16(10-14-18)20-19-15-7-11-17(12-8-15)21(3)4/h7-14,19-20H,5-6H2,1-4H3. The Bertz CT molecular complexity index is 557. The summed E-state index contributed by atoms with van der Waals surface area (Å²) in [6, 6.07) is 16.8. The van der Waals surface area contributed by atoms with Gasteiger partial charge in [-0.2, -0.15) is 0 Å². The molecular formula is C18H26N4. The Labute approximate surface area is 133 Å². The molecule has 0 atom stereocenters. The van der Waals surface area contributed by atoms with Crippen LogP contribution in [0.15, 0.2) is 48.5 Å². The third-order valence-corrected chi connectivity index (χ3v) is 3.73. The first-order valence-electron chi connectivity index (χ1n) is 7.78. The molecule has 0 heterocycles. The van der Waals surface area contributed by atoms with Gasteiger partial charge in [0.15, 0.2) is 0 Å². The molecule has 0 aromatic heterocycles. The zero-order valence-electron chi connectivity index (χ0n) is 13.9. The second kappa shape index (κ2) is 7.59. The molecule has 0 saturated heterocycles. The van der Waals surface area contributed by atoms with E-state index in [1.165, 1.54) is 11.4 Å². The van der Waals surface area contributed by atoms with Gasteiger partial charge < -0.3 is 20.7 Å². The number of rotatable bonds is 7.